The van der Waals surface area contributed by atoms with Crippen LogP contribution in [0.3, 0.4) is 0 Å². The van der Waals surface area contributed by atoms with E-state index in [-0.39, 0.29) is 5.92 Å². The van der Waals surface area contributed by atoms with Gasteiger partial charge in [0.05, 0.1) is 12.5 Å². The predicted octanol–water partition coefficient (Wildman–Crippen LogP) is 6.12. The van der Waals surface area contributed by atoms with Gasteiger partial charge in [-0.3, -0.25) is 0 Å². The number of aromatic nitrogens is 2. The van der Waals surface area contributed by atoms with Gasteiger partial charge < -0.3 is 14.7 Å². The zero-order chi connectivity index (χ0) is 18.2. The summed E-state index contributed by atoms with van der Waals surface area (Å²) in [6, 6.07) is 16.9. The van der Waals surface area contributed by atoms with Crippen LogP contribution in [0.2, 0.25) is 0 Å². The number of hydrogen-bond donors (Lipinski definition) is 2. The molecule has 0 saturated carbocycles. The summed E-state index contributed by atoms with van der Waals surface area (Å²) in [5, 5.41) is 0. The lowest BCUT2D eigenvalue weighted by Crippen LogP contribution is -2.11. The predicted molar refractivity (Wildman–Crippen MR) is 108 cm³/mol. The molecule has 2 heterocycles. The van der Waals surface area contributed by atoms with E-state index in [2.05, 4.69) is 60.2 Å². The van der Waals surface area contributed by atoms with Crippen LogP contribution in [0.4, 0.5) is 0 Å². The highest BCUT2D eigenvalue weighted by molar-refractivity contribution is 5.40. The van der Waals surface area contributed by atoms with E-state index < -0.39 is 0 Å². The van der Waals surface area contributed by atoms with Crippen molar-refractivity contribution >= 4 is 0 Å². The fourth-order valence-corrected chi connectivity index (χ4v) is 3.44. The minimum Gasteiger partial charge on any atom is -0.493 e. The van der Waals surface area contributed by atoms with Gasteiger partial charge in [-0.15, -0.1) is 0 Å². The van der Waals surface area contributed by atoms with Crippen LogP contribution in [-0.4, -0.2) is 16.6 Å². The van der Waals surface area contributed by atoms with Gasteiger partial charge in [-0.25, -0.2) is 0 Å². The highest BCUT2D eigenvalue weighted by Crippen LogP contribution is 2.31. The lowest BCUT2D eigenvalue weighted by atomic mass is 9.92. The quantitative estimate of drug-likeness (QED) is 0.454. The molecule has 3 aromatic rings. The maximum atomic E-state index is 6.06. The lowest BCUT2D eigenvalue weighted by Gasteiger charge is -2.18. The van der Waals surface area contributed by atoms with Gasteiger partial charge in [-0.1, -0.05) is 45.2 Å². The Bertz CT molecular complexity index is 695. The molecular weight excluding hydrogens is 320 g/mol. The summed E-state index contributed by atoms with van der Waals surface area (Å²) in [6.45, 7) is 5.31. The monoisotopic (exact) mass is 350 g/mol. The van der Waals surface area contributed by atoms with E-state index in [1.807, 2.05) is 24.5 Å². The molecular formula is C23H30N2O. The van der Waals surface area contributed by atoms with Crippen molar-refractivity contribution in [3.8, 4) is 5.75 Å². The number of nitrogens with one attached hydrogen (secondary N) is 2. The van der Waals surface area contributed by atoms with Crippen LogP contribution in [0.15, 0.2) is 60.9 Å². The summed E-state index contributed by atoms with van der Waals surface area (Å²) in [7, 11) is 0. The molecule has 0 saturated heterocycles. The van der Waals surface area contributed by atoms with E-state index in [1.165, 1.54) is 42.6 Å². The Morgan fingerprint density at radius 2 is 1.54 bits per heavy atom. The highest BCUT2D eigenvalue weighted by Gasteiger charge is 2.18. The first kappa shape index (κ1) is 18.4. The topological polar surface area (TPSA) is 40.8 Å². The fraction of sp³-hybridized carbons (Fsp3) is 0.391. The van der Waals surface area contributed by atoms with E-state index in [0.29, 0.717) is 5.92 Å². The summed E-state index contributed by atoms with van der Waals surface area (Å²) in [5.74, 6) is 1.79. The van der Waals surface area contributed by atoms with Crippen molar-refractivity contribution in [2.24, 2.45) is 5.92 Å². The van der Waals surface area contributed by atoms with Gasteiger partial charge in [0.25, 0.3) is 0 Å². The van der Waals surface area contributed by atoms with Crippen molar-refractivity contribution in [1.29, 1.82) is 0 Å². The third kappa shape index (κ3) is 4.60. The van der Waals surface area contributed by atoms with Crippen molar-refractivity contribution in [2.45, 2.75) is 45.4 Å². The number of hydrogen-bond acceptors (Lipinski definition) is 1. The molecule has 1 unspecified atom stereocenters. The molecule has 138 valence electrons. The minimum atomic E-state index is 0.182. The van der Waals surface area contributed by atoms with E-state index in [4.69, 9.17) is 4.74 Å². The van der Waals surface area contributed by atoms with Crippen LogP contribution >= 0.6 is 0 Å². The van der Waals surface area contributed by atoms with Gasteiger partial charge >= 0.3 is 0 Å². The molecule has 0 amide bonds. The summed E-state index contributed by atoms with van der Waals surface area (Å²) < 4.78 is 6.06. The van der Waals surface area contributed by atoms with Crippen molar-refractivity contribution in [1.82, 2.24) is 9.97 Å². The molecule has 2 aromatic heterocycles. The van der Waals surface area contributed by atoms with E-state index >= 15 is 0 Å². The van der Waals surface area contributed by atoms with E-state index in [1.54, 1.807) is 0 Å². The van der Waals surface area contributed by atoms with Gasteiger partial charge in [-0.05, 0) is 54.3 Å². The molecule has 0 spiro atoms. The van der Waals surface area contributed by atoms with Crippen molar-refractivity contribution in [3.05, 3.63) is 77.9 Å². The molecule has 3 rings (SSSR count). The molecule has 26 heavy (non-hydrogen) atoms. The minimum absolute atomic E-state index is 0.182. The first-order valence-corrected chi connectivity index (χ1v) is 9.81. The second-order valence-corrected chi connectivity index (χ2v) is 6.98. The highest BCUT2D eigenvalue weighted by atomic mass is 16.5. The number of ether oxygens (including phenoxy) is 1. The summed E-state index contributed by atoms with van der Waals surface area (Å²) in [4.78, 5) is 6.71. The summed E-state index contributed by atoms with van der Waals surface area (Å²) >= 11 is 0. The standard InChI is InChI=1S/C23H30N2O/c1-3-5-8-18(4-2)17-26-20-13-11-19(12-14-20)23(21-9-6-15-24-21)22-10-7-16-25-22/h6-7,9-16,18,23-25H,3-5,8,17H2,1-2H3. The lowest BCUT2D eigenvalue weighted by molar-refractivity contribution is 0.233. The normalized spacial score (nSPS) is 12.4. The SMILES string of the molecule is CCCCC(CC)COc1ccc(C(c2ccc[nH]2)c2ccc[nH]2)cc1. The van der Waals surface area contributed by atoms with Crippen molar-refractivity contribution in [2.75, 3.05) is 6.61 Å². The number of benzene rings is 1. The Morgan fingerprint density at radius 1 is 0.885 bits per heavy atom. The molecule has 3 nitrogen and oxygen atoms in total. The molecule has 2 N–H and O–H groups in total. The molecule has 1 atom stereocenters. The van der Waals surface area contributed by atoms with Crippen LogP contribution in [0.1, 0.15) is 62.4 Å². The number of aromatic amines is 2. The third-order valence-electron chi connectivity index (χ3n) is 5.11. The Morgan fingerprint density at radius 3 is 2.04 bits per heavy atom. The smallest absolute Gasteiger partial charge is 0.119 e. The molecule has 0 bridgehead atoms. The average molecular weight is 351 g/mol. The number of H-pyrrole nitrogens is 2. The third-order valence-corrected chi connectivity index (χ3v) is 5.11. The van der Waals surface area contributed by atoms with E-state index in [9.17, 15) is 0 Å². The fourth-order valence-electron chi connectivity index (χ4n) is 3.44. The molecule has 0 radical (unpaired) electrons. The second-order valence-electron chi connectivity index (χ2n) is 6.98. The van der Waals surface area contributed by atoms with Gasteiger partial charge in [-0.2, -0.15) is 0 Å². The molecule has 0 aliphatic heterocycles. The Kier molecular flexibility index (Phi) is 6.59. The van der Waals surface area contributed by atoms with Crippen molar-refractivity contribution in [3.63, 3.8) is 0 Å². The maximum absolute atomic E-state index is 6.06. The van der Waals surface area contributed by atoms with Gasteiger partial charge in [0.15, 0.2) is 0 Å². The summed E-state index contributed by atoms with van der Waals surface area (Å²) in [5.41, 5.74) is 3.62. The van der Waals surface area contributed by atoms with Gasteiger partial charge in [0.1, 0.15) is 5.75 Å². The zero-order valence-corrected chi connectivity index (χ0v) is 15.9. The van der Waals surface area contributed by atoms with E-state index in [0.717, 1.165) is 12.4 Å². The molecule has 0 aliphatic rings. The Labute approximate surface area is 156 Å². The molecule has 0 fully saturated rings. The summed E-state index contributed by atoms with van der Waals surface area (Å²) in [6.07, 6.45) is 8.93. The molecule has 1 aromatic carbocycles. The Balaban J connectivity index is 1.69. The van der Waals surface area contributed by atoms with Crippen molar-refractivity contribution < 1.29 is 4.74 Å². The number of rotatable bonds is 10. The van der Waals surface area contributed by atoms with Crippen LogP contribution in [0.5, 0.6) is 5.75 Å². The number of unbranched alkanes of at least 4 members (excludes halogenated alkanes) is 1. The average Bonchev–Trinajstić information content (AvgIpc) is 3.38. The molecule has 3 heteroatoms. The largest absolute Gasteiger partial charge is 0.493 e. The van der Waals surface area contributed by atoms with Gasteiger partial charge in [0, 0.05) is 23.8 Å². The van der Waals surface area contributed by atoms with Crippen LogP contribution in [0, 0.1) is 5.92 Å². The van der Waals surface area contributed by atoms with Crippen LogP contribution < -0.4 is 4.74 Å². The first-order valence-electron chi connectivity index (χ1n) is 9.81. The van der Waals surface area contributed by atoms with Gasteiger partial charge in [0.2, 0.25) is 0 Å². The maximum Gasteiger partial charge on any atom is 0.119 e. The first-order chi connectivity index (χ1) is 12.8. The zero-order valence-electron chi connectivity index (χ0n) is 15.9. The Hall–Kier alpha value is -2.42. The van der Waals surface area contributed by atoms with Crippen LogP contribution in [0.25, 0.3) is 0 Å². The van der Waals surface area contributed by atoms with Crippen LogP contribution in [-0.2, 0) is 0 Å². The second kappa shape index (κ2) is 9.33. The molecule has 0 aliphatic carbocycles.